The summed E-state index contributed by atoms with van der Waals surface area (Å²) in [5.41, 5.74) is 1.49. The van der Waals surface area contributed by atoms with Crippen molar-refractivity contribution in [2.24, 2.45) is 0 Å². The highest BCUT2D eigenvalue weighted by molar-refractivity contribution is 5.87. The van der Waals surface area contributed by atoms with Gasteiger partial charge < -0.3 is 10.4 Å². The predicted octanol–water partition coefficient (Wildman–Crippen LogP) is 2.91. The quantitative estimate of drug-likeness (QED) is 0.644. The van der Waals surface area contributed by atoms with Crippen molar-refractivity contribution in [1.82, 2.24) is 0 Å². The van der Waals surface area contributed by atoms with Gasteiger partial charge >= 0.3 is 5.97 Å². The molecule has 20 heavy (non-hydrogen) atoms. The molecule has 0 aromatic heterocycles. The molecule has 0 saturated carbocycles. The van der Waals surface area contributed by atoms with Crippen molar-refractivity contribution in [1.29, 1.82) is 0 Å². The lowest BCUT2D eigenvalue weighted by Crippen LogP contribution is -2.03. The van der Waals surface area contributed by atoms with Gasteiger partial charge in [-0.25, -0.2) is 4.79 Å². The SMILES string of the molecule is O=C(O)c1ccc(CNc2ccccc2[N+](=O)[O-])cc1. The van der Waals surface area contributed by atoms with Crippen molar-refractivity contribution >= 4 is 17.3 Å². The third kappa shape index (κ3) is 3.11. The molecule has 0 aliphatic carbocycles. The maximum atomic E-state index is 10.9. The van der Waals surface area contributed by atoms with Crippen LogP contribution in [0.2, 0.25) is 0 Å². The minimum Gasteiger partial charge on any atom is -0.478 e. The fourth-order valence-electron chi connectivity index (χ4n) is 1.74. The van der Waals surface area contributed by atoms with Crippen LogP contribution in [0.3, 0.4) is 0 Å². The van der Waals surface area contributed by atoms with Crippen LogP contribution in [0.4, 0.5) is 11.4 Å². The molecule has 0 radical (unpaired) electrons. The number of hydrogen-bond donors (Lipinski definition) is 2. The number of hydrogen-bond acceptors (Lipinski definition) is 4. The molecule has 102 valence electrons. The van der Waals surface area contributed by atoms with Gasteiger partial charge in [-0.15, -0.1) is 0 Å². The normalized spacial score (nSPS) is 10.0. The molecule has 2 aromatic carbocycles. The molecule has 2 aromatic rings. The van der Waals surface area contributed by atoms with Crippen LogP contribution in [0.15, 0.2) is 48.5 Å². The van der Waals surface area contributed by atoms with E-state index >= 15 is 0 Å². The number of nitrogens with one attached hydrogen (secondary N) is 1. The summed E-state index contributed by atoms with van der Waals surface area (Å²) in [5.74, 6) is -0.983. The van der Waals surface area contributed by atoms with Crippen LogP contribution >= 0.6 is 0 Å². The van der Waals surface area contributed by atoms with E-state index in [9.17, 15) is 14.9 Å². The van der Waals surface area contributed by atoms with Gasteiger partial charge in [0.25, 0.3) is 5.69 Å². The van der Waals surface area contributed by atoms with E-state index in [1.54, 1.807) is 30.3 Å². The Morgan fingerprint density at radius 3 is 2.40 bits per heavy atom. The van der Waals surface area contributed by atoms with Gasteiger partial charge in [0, 0.05) is 12.6 Å². The monoisotopic (exact) mass is 272 g/mol. The summed E-state index contributed by atoms with van der Waals surface area (Å²) in [6, 6.07) is 12.7. The lowest BCUT2D eigenvalue weighted by Gasteiger charge is -2.07. The number of para-hydroxylation sites is 2. The highest BCUT2D eigenvalue weighted by Crippen LogP contribution is 2.23. The highest BCUT2D eigenvalue weighted by Gasteiger charge is 2.11. The molecule has 6 nitrogen and oxygen atoms in total. The van der Waals surface area contributed by atoms with Crippen molar-refractivity contribution in [2.75, 3.05) is 5.32 Å². The topological polar surface area (TPSA) is 92.5 Å². The number of carboxylic acid groups (broad SMARTS) is 1. The Kier molecular flexibility index (Phi) is 3.95. The first kappa shape index (κ1) is 13.5. The molecule has 0 atom stereocenters. The lowest BCUT2D eigenvalue weighted by atomic mass is 10.1. The summed E-state index contributed by atoms with van der Waals surface area (Å²) >= 11 is 0. The Labute approximate surface area is 114 Å². The standard InChI is InChI=1S/C14H12N2O4/c17-14(18)11-7-5-10(6-8-11)9-15-12-3-1-2-4-13(12)16(19)20/h1-8,15H,9H2,(H,17,18). The van der Waals surface area contributed by atoms with Gasteiger partial charge in [0.1, 0.15) is 5.69 Å². The maximum absolute atomic E-state index is 10.9. The first-order valence-electron chi connectivity index (χ1n) is 5.87. The molecule has 0 heterocycles. The first-order valence-corrected chi connectivity index (χ1v) is 5.87. The van der Waals surface area contributed by atoms with Crippen molar-refractivity contribution < 1.29 is 14.8 Å². The molecule has 0 bridgehead atoms. The van der Waals surface area contributed by atoms with Crippen molar-refractivity contribution in [3.8, 4) is 0 Å². The molecule has 0 amide bonds. The average molecular weight is 272 g/mol. The van der Waals surface area contributed by atoms with Crippen LogP contribution in [0.25, 0.3) is 0 Å². The summed E-state index contributed by atoms with van der Waals surface area (Å²) in [7, 11) is 0. The largest absolute Gasteiger partial charge is 0.478 e. The van der Waals surface area contributed by atoms with Gasteiger partial charge in [-0.1, -0.05) is 24.3 Å². The number of carboxylic acids is 1. The number of rotatable bonds is 5. The highest BCUT2D eigenvalue weighted by atomic mass is 16.6. The second kappa shape index (κ2) is 5.83. The molecule has 2 rings (SSSR count). The fraction of sp³-hybridized carbons (Fsp3) is 0.0714. The van der Waals surface area contributed by atoms with Gasteiger partial charge in [-0.2, -0.15) is 0 Å². The van der Waals surface area contributed by atoms with Gasteiger partial charge in [0.05, 0.1) is 10.5 Å². The average Bonchev–Trinajstić information content (AvgIpc) is 2.45. The summed E-state index contributed by atoms with van der Waals surface area (Å²) < 4.78 is 0. The van der Waals surface area contributed by atoms with Crippen molar-refractivity contribution in [3.05, 3.63) is 69.8 Å². The fourth-order valence-corrected chi connectivity index (χ4v) is 1.74. The second-order valence-electron chi connectivity index (χ2n) is 4.13. The van der Waals surface area contributed by atoms with Crippen LogP contribution < -0.4 is 5.32 Å². The zero-order valence-electron chi connectivity index (χ0n) is 10.4. The first-order chi connectivity index (χ1) is 9.58. The van der Waals surface area contributed by atoms with Crippen LogP contribution in [-0.2, 0) is 6.54 Å². The Bertz CT molecular complexity index is 638. The summed E-state index contributed by atoms with van der Waals surface area (Å²) in [4.78, 5) is 21.1. The number of nitro groups is 1. The molecular formula is C14H12N2O4. The van der Waals surface area contributed by atoms with E-state index in [1.165, 1.54) is 18.2 Å². The van der Waals surface area contributed by atoms with Crippen LogP contribution in [-0.4, -0.2) is 16.0 Å². The summed E-state index contributed by atoms with van der Waals surface area (Å²) in [6.07, 6.45) is 0. The Hall–Kier alpha value is -2.89. The van der Waals surface area contributed by atoms with Gasteiger partial charge in [-0.3, -0.25) is 10.1 Å². The van der Waals surface area contributed by atoms with Gasteiger partial charge in [0.2, 0.25) is 0 Å². The molecule has 0 fully saturated rings. The van der Waals surface area contributed by atoms with E-state index in [2.05, 4.69) is 5.32 Å². The van der Waals surface area contributed by atoms with Crippen molar-refractivity contribution in [3.63, 3.8) is 0 Å². The molecule has 0 saturated heterocycles. The van der Waals surface area contributed by atoms with E-state index < -0.39 is 10.9 Å². The molecule has 0 spiro atoms. The van der Waals surface area contributed by atoms with Crippen molar-refractivity contribution in [2.45, 2.75) is 6.54 Å². The lowest BCUT2D eigenvalue weighted by molar-refractivity contribution is -0.384. The maximum Gasteiger partial charge on any atom is 0.335 e. The smallest absolute Gasteiger partial charge is 0.335 e. The predicted molar refractivity (Wildman–Crippen MR) is 73.8 cm³/mol. The second-order valence-corrected chi connectivity index (χ2v) is 4.13. The van der Waals surface area contributed by atoms with E-state index in [4.69, 9.17) is 5.11 Å². The molecule has 0 aliphatic heterocycles. The number of benzene rings is 2. The molecular weight excluding hydrogens is 260 g/mol. The molecule has 0 unspecified atom stereocenters. The van der Waals surface area contributed by atoms with Crippen LogP contribution in [0, 0.1) is 10.1 Å². The number of aromatic carboxylic acids is 1. The van der Waals surface area contributed by atoms with Gasteiger partial charge in [-0.05, 0) is 23.8 Å². The Balaban J connectivity index is 2.09. The van der Waals surface area contributed by atoms with Gasteiger partial charge in [0.15, 0.2) is 0 Å². The van der Waals surface area contributed by atoms with E-state index in [0.717, 1.165) is 5.56 Å². The van der Waals surface area contributed by atoms with E-state index in [-0.39, 0.29) is 11.3 Å². The van der Waals surface area contributed by atoms with Crippen LogP contribution in [0.5, 0.6) is 0 Å². The zero-order chi connectivity index (χ0) is 14.5. The zero-order valence-corrected chi connectivity index (χ0v) is 10.4. The minimum absolute atomic E-state index is 0.00894. The number of anilines is 1. The number of nitro benzene ring substituents is 1. The minimum atomic E-state index is -0.983. The molecule has 6 heteroatoms. The number of nitrogens with zero attached hydrogens (tertiary/aromatic N) is 1. The van der Waals surface area contributed by atoms with Crippen LogP contribution in [0.1, 0.15) is 15.9 Å². The summed E-state index contributed by atoms with van der Waals surface area (Å²) in [6.45, 7) is 0.380. The Morgan fingerprint density at radius 2 is 1.80 bits per heavy atom. The van der Waals surface area contributed by atoms with E-state index in [1.807, 2.05) is 0 Å². The Morgan fingerprint density at radius 1 is 1.15 bits per heavy atom. The molecule has 2 N–H and O–H groups in total. The van der Waals surface area contributed by atoms with E-state index in [0.29, 0.717) is 12.2 Å². The summed E-state index contributed by atoms with van der Waals surface area (Å²) in [5, 5.41) is 22.6. The third-order valence-corrected chi connectivity index (χ3v) is 2.78. The third-order valence-electron chi connectivity index (χ3n) is 2.78. The molecule has 0 aliphatic rings. The number of carbonyl (C=O) groups is 1.